The standard InChI is InChI=1S/C50H29N5/c51-30-32-26-35(33-20-22-36(23-21-33)55-48-19-8-4-14-42(48)44-15-9-10-34(31-52)50(44)55)28-38(27-32)54-47-18-7-3-13-41(47)43-25-24-37(29-49(43)54)53-45-16-5-1-11-39(45)40-12-2-6-17-46(40)53/h1-29H. The van der Waals surface area contributed by atoms with Gasteiger partial charge in [-0.1, -0.05) is 103 Å². The Kier molecular flexibility index (Phi) is 6.61. The topological polar surface area (TPSA) is 62.4 Å². The number of nitrogens with zero attached hydrogens (tertiary/aromatic N) is 5. The Labute approximate surface area is 316 Å². The smallest absolute Gasteiger partial charge is 0.101 e. The molecule has 8 aromatic carbocycles. The largest absolute Gasteiger partial charge is 0.309 e. The van der Waals surface area contributed by atoms with Crippen molar-refractivity contribution in [1.82, 2.24) is 13.7 Å². The van der Waals surface area contributed by atoms with Crippen molar-refractivity contribution < 1.29 is 0 Å². The van der Waals surface area contributed by atoms with E-state index < -0.39 is 0 Å². The van der Waals surface area contributed by atoms with Crippen LogP contribution in [0.4, 0.5) is 0 Å². The van der Waals surface area contributed by atoms with Crippen LogP contribution in [-0.4, -0.2) is 13.7 Å². The summed E-state index contributed by atoms with van der Waals surface area (Å²) < 4.78 is 6.82. The van der Waals surface area contributed by atoms with Crippen LogP contribution in [-0.2, 0) is 0 Å². The molecule has 3 heterocycles. The van der Waals surface area contributed by atoms with Crippen LogP contribution in [0.25, 0.3) is 93.6 Å². The zero-order valence-corrected chi connectivity index (χ0v) is 29.5. The molecule has 0 atom stereocenters. The maximum Gasteiger partial charge on any atom is 0.101 e. The first-order chi connectivity index (χ1) is 27.2. The van der Waals surface area contributed by atoms with Gasteiger partial charge in [-0.25, -0.2) is 0 Å². The summed E-state index contributed by atoms with van der Waals surface area (Å²) in [7, 11) is 0. The molecule has 55 heavy (non-hydrogen) atoms. The van der Waals surface area contributed by atoms with E-state index >= 15 is 0 Å². The van der Waals surface area contributed by atoms with Gasteiger partial charge in [-0.15, -0.1) is 0 Å². The summed E-state index contributed by atoms with van der Waals surface area (Å²) in [6.45, 7) is 0. The summed E-state index contributed by atoms with van der Waals surface area (Å²) >= 11 is 0. The van der Waals surface area contributed by atoms with E-state index in [9.17, 15) is 10.5 Å². The summed E-state index contributed by atoms with van der Waals surface area (Å²) in [6.07, 6.45) is 0. The van der Waals surface area contributed by atoms with Crippen LogP contribution in [0.5, 0.6) is 0 Å². The number of benzene rings is 8. The minimum atomic E-state index is 0.585. The number of rotatable bonds is 4. The molecule has 0 N–H and O–H groups in total. The zero-order chi connectivity index (χ0) is 36.6. The van der Waals surface area contributed by atoms with Gasteiger partial charge in [0.15, 0.2) is 0 Å². The van der Waals surface area contributed by atoms with Gasteiger partial charge >= 0.3 is 0 Å². The minimum Gasteiger partial charge on any atom is -0.309 e. The van der Waals surface area contributed by atoms with Crippen molar-refractivity contribution in [2.45, 2.75) is 0 Å². The fourth-order valence-electron chi connectivity index (χ4n) is 8.73. The maximum atomic E-state index is 10.4. The molecular formula is C50H29N5. The summed E-state index contributed by atoms with van der Waals surface area (Å²) in [5.41, 5.74) is 12.5. The van der Waals surface area contributed by atoms with Gasteiger partial charge < -0.3 is 13.7 Å². The van der Waals surface area contributed by atoms with E-state index in [1.54, 1.807) is 0 Å². The molecule has 0 saturated heterocycles. The summed E-state index contributed by atoms with van der Waals surface area (Å²) in [4.78, 5) is 0. The van der Waals surface area contributed by atoms with Gasteiger partial charge in [0, 0.05) is 49.4 Å². The quantitative estimate of drug-likeness (QED) is 0.184. The molecule has 0 aliphatic carbocycles. The fourth-order valence-corrected chi connectivity index (χ4v) is 8.73. The lowest BCUT2D eigenvalue weighted by Crippen LogP contribution is -1.98. The highest BCUT2D eigenvalue weighted by Gasteiger charge is 2.19. The van der Waals surface area contributed by atoms with Crippen LogP contribution in [0.15, 0.2) is 176 Å². The van der Waals surface area contributed by atoms with Gasteiger partial charge in [0.05, 0.1) is 50.3 Å². The molecule has 0 unspecified atom stereocenters. The van der Waals surface area contributed by atoms with Crippen molar-refractivity contribution in [1.29, 1.82) is 10.5 Å². The van der Waals surface area contributed by atoms with Gasteiger partial charge in [0.1, 0.15) is 6.07 Å². The number of hydrogen-bond acceptors (Lipinski definition) is 2. The Morgan fingerprint density at radius 3 is 1.44 bits per heavy atom. The van der Waals surface area contributed by atoms with Gasteiger partial charge in [-0.05, 0) is 83.9 Å². The highest BCUT2D eigenvalue weighted by Crippen LogP contribution is 2.39. The molecule has 0 bridgehead atoms. The van der Waals surface area contributed by atoms with Gasteiger partial charge in [-0.3, -0.25) is 0 Å². The first kappa shape index (κ1) is 30.7. The second-order valence-corrected chi connectivity index (χ2v) is 14.0. The number of nitriles is 2. The molecule has 11 rings (SSSR count). The Morgan fingerprint density at radius 1 is 0.327 bits per heavy atom. The van der Waals surface area contributed by atoms with E-state index in [1.807, 2.05) is 36.4 Å². The van der Waals surface area contributed by atoms with Gasteiger partial charge in [0.25, 0.3) is 0 Å². The molecule has 5 nitrogen and oxygen atoms in total. The Bertz CT molecular complexity index is 3400. The first-order valence-corrected chi connectivity index (χ1v) is 18.3. The summed E-state index contributed by atoms with van der Waals surface area (Å²) in [5, 5.41) is 27.3. The molecule has 0 amide bonds. The van der Waals surface area contributed by atoms with E-state index in [0.717, 1.165) is 82.8 Å². The summed E-state index contributed by atoms with van der Waals surface area (Å²) in [6, 6.07) is 66.0. The van der Waals surface area contributed by atoms with Crippen molar-refractivity contribution >= 4 is 65.4 Å². The maximum absolute atomic E-state index is 10.4. The molecule has 3 aromatic heterocycles. The first-order valence-electron chi connectivity index (χ1n) is 18.3. The van der Waals surface area contributed by atoms with Crippen LogP contribution in [0, 0.1) is 22.7 Å². The molecule has 0 radical (unpaired) electrons. The van der Waals surface area contributed by atoms with E-state index in [4.69, 9.17) is 0 Å². The highest BCUT2D eigenvalue weighted by molar-refractivity contribution is 6.13. The van der Waals surface area contributed by atoms with Crippen LogP contribution >= 0.6 is 0 Å². The van der Waals surface area contributed by atoms with Gasteiger partial charge in [0.2, 0.25) is 0 Å². The monoisotopic (exact) mass is 699 g/mol. The number of fused-ring (bicyclic) bond motifs is 9. The van der Waals surface area contributed by atoms with Crippen LogP contribution in [0.3, 0.4) is 0 Å². The van der Waals surface area contributed by atoms with Crippen LogP contribution in [0.1, 0.15) is 11.1 Å². The normalized spacial score (nSPS) is 11.6. The van der Waals surface area contributed by atoms with Crippen molar-refractivity contribution in [3.63, 3.8) is 0 Å². The number of para-hydroxylation sites is 5. The molecule has 0 fully saturated rings. The Morgan fingerprint density at radius 2 is 0.836 bits per heavy atom. The van der Waals surface area contributed by atoms with Crippen molar-refractivity contribution in [2.24, 2.45) is 0 Å². The third-order valence-corrected chi connectivity index (χ3v) is 11.1. The predicted octanol–water partition coefficient (Wildman–Crippen LogP) is 12.4. The van der Waals surface area contributed by atoms with Crippen LogP contribution in [0.2, 0.25) is 0 Å². The third kappa shape index (κ3) is 4.51. The van der Waals surface area contributed by atoms with E-state index in [1.165, 1.54) is 10.8 Å². The van der Waals surface area contributed by atoms with Crippen molar-refractivity contribution in [3.8, 4) is 40.3 Å². The lowest BCUT2D eigenvalue weighted by Gasteiger charge is -2.14. The number of hydrogen-bond donors (Lipinski definition) is 0. The second kappa shape index (κ2) is 11.8. The molecule has 0 spiro atoms. The Balaban J connectivity index is 1.09. The van der Waals surface area contributed by atoms with Gasteiger partial charge in [-0.2, -0.15) is 10.5 Å². The minimum absolute atomic E-state index is 0.585. The summed E-state index contributed by atoms with van der Waals surface area (Å²) in [5.74, 6) is 0. The van der Waals surface area contributed by atoms with E-state index in [-0.39, 0.29) is 0 Å². The van der Waals surface area contributed by atoms with Crippen molar-refractivity contribution in [2.75, 3.05) is 0 Å². The average Bonchev–Trinajstić information content (AvgIpc) is 3.89. The lowest BCUT2D eigenvalue weighted by molar-refractivity contribution is 1.15. The van der Waals surface area contributed by atoms with Crippen molar-refractivity contribution in [3.05, 3.63) is 187 Å². The third-order valence-electron chi connectivity index (χ3n) is 11.1. The predicted molar refractivity (Wildman–Crippen MR) is 224 cm³/mol. The van der Waals surface area contributed by atoms with Crippen LogP contribution < -0.4 is 0 Å². The molecular weight excluding hydrogens is 671 g/mol. The second-order valence-electron chi connectivity index (χ2n) is 14.0. The lowest BCUT2D eigenvalue weighted by atomic mass is 10.0. The number of aromatic nitrogens is 3. The molecule has 0 saturated carbocycles. The zero-order valence-electron chi connectivity index (χ0n) is 29.5. The Hall–Kier alpha value is -7.86. The highest BCUT2D eigenvalue weighted by atomic mass is 15.0. The van der Waals surface area contributed by atoms with E-state index in [2.05, 4.69) is 165 Å². The molecule has 254 valence electrons. The fraction of sp³-hybridized carbons (Fsp3) is 0. The molecule has 11 aromatic rings. The molecule has 5 heteroatoms. The average molecular weight is 700 g/mol. The SMILES string of the molecule is N#Cc1cc(-c2ccc(-n3c4ccccc4c4cccc(C#N)c43)cc2)cc(-n2c3ccccc3c3ccc(-n4c5ccccc5c5ccccc54)cc32)c1. The molecule has 0 aliphatic heterocycles. The van der Waals surface area contributed by atoms with E-state index in [0.29, 0.717) is 11.1 Å². The molecule has 0 aliphatic rings.